The number of hydrogen-bond donors (Lipinski definition) is 1. The zero-order chi connectivity index (χ0) is 23.9. The van der Waals surface area contributed by atoms with E-state index < -0.39 is 0 Å². The number of aryl methyl sites for hydroxylation is 1. The van der Waals surface area contributed by atoms with Crippen LogP contribution in [0.2, 0.25) is 0 Å². The third-order valence-electron chi connectivity index (χ3n) is 9.66. The fraction of sp³-hybridized carbons (Fsp3) is 0.724. The van der Waals surface area contributed by atoms with Crippen LogP contribution in [0.15, 0.2) is 18.2 Å². The number of amides is 1. The Labute approximate surface area is 205 Å². The van der Waals surface area contributed by atoms with Crippen LogP contribution in [0, 0.1) is 23.2 Å². The van der Waals surface area contributed by atoms with Crippen LogP contribution in [-0.4, -0.2) is 48.9 Å². The molecule has 0 aromatic heterocycles. The first-order chi connectivity index (χ1) is 16.4. The van der Waals surface area contributed by atoms with Gasteiger partial charge in [0.15, 0.2) is 0 Å². The predicted molar refractivity (Wildman–Crippen MR) is 134 cm³/mol. The van der Waals surface area contributed by atoms with E-state index in [0.29, 0.717) is 30.6 Å². The highest BCUT2D eigenvalue weighted by Gasteiger charge is 2.60. The summed E-state index contributed by atoms with van der Waals surface area (Å²) in [6.07, 6.45) is 8.18. The Balaban J connectivity index is 1.26. The smallest absolute Gasteiger partial charge is 0.223 e. The second kappa shape index (κ2) is 9.64. The molecule has 5 heteroatoms. The maximum atomic E-state index is 13.0. The standard InChI is InChI=1S/C29H42N2O3/c1-4-30-28(33)25-18-26(32)29(3)13-12-23-22-11-9-21(17-20(22)8-10-24(23)27(25)29)34-16-6-15-31-14-5-7-19(31)2/h9,11,17,19,23-25,27H,4-8,10,12-16,18H2,1-3H3,(H,30,33)/t19-,23-,24-,25-,27-,29-/m1/s1. The molecule has 186 valence electrons. The van der Waals surface area contributed by atoms with Gasteiger partial charge in [-0.15, -0.1) is 0 Å². The number of ether oxygens (including phenoxy) is 1. The van der Waals surface area contributed by atoms with Crippen molar-refractivity contribution in [1.82, 2.24) is 10.2 Å². The van der Waals surface area contributed by atoms with E-state index in [2.05, 4.69) is 42.3 Å². The number of likely N-dealkylation sites (tertiary alicyclic amines) is 1. The van der Waals surface area contributed by atoms with Crippen molar-refractivity contribution in [3.8, 4) is 5.75 Å². The van der Waals surface area contributed by atoms with E-state index in [1.54, 1.807) is 0 Å². The van der Waals surface area contributed by atoms with Crippen molar-refractivity contribution in [2.45, 2.75) is 84.1 Å². The first kappa shape index (κ1) is 23.8. The minimum atomic E-state index is -0.329. The predicted octanol–water partition coefficient (Wildman–Crippen LogP) is 4.73. The molecule has 1 N–H and O–H groups in total. The number of hydrogen-bond acceptors (Lipinski definition) is 4. The molecule has 1 aromatic rings. The van der Waals surface area contributed by atoms with Gasteiger partial charge in [0.2, 0.25) is 5.91 Å². The van der Waals surface area contributed by atoms with Crippen molar-refractivity contribution in [3.05, 3.63) is 29.3 Å². The van der Waals surface area contributed by atoms with Gasteiger partial charge in [-0.25, -0.2) is 0 Å². The summed E-state index contributed by atoms with van der Waals surface area (Å²) in [5.41, 5.74) is 2.52. The maximum Gasteiger partial charge on any atom is 0.223 e. The van der Waals surface area contributed by atoms with Crippen LogP contribution in [0.3, 0.4) is 0 Å². The number of nitrogens with zero attached hydrogens (tertiary/aromatic N) is 1. The largest absolute Gasteiger partial charge is 0.494 e. The second-order valence-corrected chi connectivity index (χ2v) is 11.5. The van der Waals surface area contributed by atoms with Crippen LogP contribution in [0.25, 0.3) is 0 Å². The molecule has 1 saturated heterocycles. The summed E-state index contributed by atoms with van der Waals surface area (Å²) < 4.78 is 6.15. The molecule has 3 aliphatic carbocycles. The third kappa shape index (κ3) is 4.19. The molecule has 3 fully saturated rings. The van der Waals surface area contributed by atoms with Crippen molar-refractivity contribution in [2.75, 3.05) is 26.2 Å². The number of ketones is 1. The first-order valence-electron chi connectivity index (χ1n) is 13.7. The van der Waals surface area contributed by atoms with Crippen LogP contribution in [-0.2, 0) is 16.0 Å². The number of rotatable bonds is 7. The average molecular weight is 467 g/mol. The molecule has 5 rings (SSSR count). The van der Waals surface area contributed by atoms with Gasteiger partial charge in [0.25, 0.3) is 0 Å². The molecule has 34 heavy (non-hydrogen) atoms. The number of Topliss-reactive ketones (excluding diaryl/α,β-unsaturated/α-hetero) is 1. The Bertz CT molecular complexity index is 930. The summed E-state index contributed by atoms with van der Waals surface area (Å²) in [7, 11) is 0. The Morgan fingerprint density at radius 3 is 2.88 bits per heavy atom. The van der Waals surface area contributed by atoms with Gasteiger partial charge in [-0.2, -0.15) is 0 Å². The molecule has 2 saturated carbocycles. The summed E-state index contributed by atoms with van der Waals surface area (Å²) >= 11 is 0. The molecule has 0 unspecified atom stereocenters. The van der Waals surface area contributed by atoms with Crippen LogP contribution in [0.1, 0.15) is 82.8 Å². The normalized spacial score (nSPS) is 34.9. The molecule has 1 aliphatic heterocycles. The highest BCUT2D eigenvalue weighted by atomic mass is 16.5. The molecule has 1 heterocycles. The monoisotopic (exact) mass is 466 g/mol. The Hall–Kier alpha value is -1.88. The van der Waals surface area contributed by atoms with E-state index in [4.69, 9.17) is 4.74 Å². The Kier molecular flexibility index (Phi) is 6.76. The molecule has 0 bridgehead atoms. The third-order valence-corrected chi connectivity index (χ3v) is 9.66. The molecule has 0 radical (unpaired) electrons. The Morgan fingerprint density at radius 2 is 2.12 bits per heavy atom. The number of nitrogens with one attached hydrogen (secondary N) is 1. The SMILES string of the molecule is CCNC(=O)[C@@H]1CC(=O)[C@@]2(C)CC[C@@H]3c4ccc(OCCCN5CCC[C@H]5C)cc4CC[C@H]3[C@H]12. The molecule has 4 aliphatic rings. The van der Waals surface area contributed by atoms with Crippen LogP contribution in [0.4, 0.5) is 0 Å². The summed E-state index contributed by atoms with van der Waals surface area (Å²) in [6.45, 7) is 10.2. The molecule has 5 nitrogen and oxygen atoms in total. The second-order valence-electron chi connectivity index (χ2n) is 11.5. The average Bonchev–Trinajstić information content (AvgIpc) is 3.36. The molecular formula is C29H42N2O3. The topological polar surface area (TPSA) is 58.6 Å². The summed E-state index contributed by atoms with van der Waals surface area (Å²) in [5, 5.41) is 3.01. The van der Waals surface area contributed by atoms with E-state index in [-0.39, 0.29) is 23.2 Å². The summed E-state index contributed by atoms with van der Waals surface area (Å²) in [5.74, 6) is 2.27. The quantitative estimate of drug-likeness (QED) is 0.591. The first-order valence-corrected chi connectivity index (χ1v) is 13.7. The minimum Gasteiger partial charge on any atom is -0.494 e. The van der Waals surface area contributed by atoms with E-state index in [0.717, 1.165) is 57.0 Å². The number of carbonyl (C=O) groups is 2. The van der Waals surface area contributed by atoms with E-state index in [1.165, 1.54) is 30.5 Å². The molecule has 0 spiro atoms. The van der Waals surface area contributed by atoms with Gasteiger partial charge in [-0.05, 0) is 106 Å². The lowest BCUT2D eigenvalue weighted by molar-refractivity contribution is -0.130. The maximum absolute atomic E-state index is 13.0. The van der Waals surface area contributed by atoms with Crippen LogP contribution >= 0.6 is 0 Å². The fourth-order valence-corrected chi connectivity index (χ4v) is 7.87. The van der Waals surface area contributed by atoms with Gasteiger partial charge in [-0.3, -0.25) is 9.59 Å². The van der Waals surface area contributed by atoms with Crippen molar-refractivity contribution < 1.29 is 14.3 Å². The highest BCUT2D eigenvalue weighted by molar-refractivity contribution is 5.94. The van der Waals surface area contributed by atoms with Gasteiger partial charge in [0.05, 0.1) is 6.61 Å². The molecule has 1 aromatic carbocycles. The lowest BCUT2D eigenvalue weighted by Crippen LogP contribution is -2.46. The molecule has 1 amide bonds. The van der Waals surface area contributed by atoms with Crippen molar-refractivity contribution in [1.29, 1.82) is 0 Å². The number of benzene rings is 1. The van der Waals surface area contributed by atoms with Gasteiger partial charge in [0, 0.05) is 36.9 Å². The zero-order valence-electron chi connectivity index (χ0n) is 21.3. The van der Waals surface area contributed by atoms with E-state index in [9.17, 15) is 9.59 Å². The van der Waals surface area contributed by atoms with Crippen molar-refractivity contribution in [2.24, 2.45) is 23.2 Å². The highest BCUT2D eigenvalue weighted by Crippen LogP contribution is 2.61. The molecule has 6 atom stereocenters. The Morgan fingerprint density at radius 1 is 1.26 bits per heavy atom. The van der Waals surface area contributed by atoms with Crippen LogP contribution < -0.4 is 10.1 Å². The van der Waals surface area contributed by atoms with Crippen molar-refractivity contribution in [3.63, 3.8) is 0 Å². The van der Waals surface area contributed by atoms with E-state index >= 15 is 0 Å². The van der Waals surface area contributed by atoms with Crippen LogP contribution in [0.5, 0.6) is 5.75 Å². The summed E-state index contributed by atoms with van der Waals surface area (Å²) in [4.78, 5) is 28.5. The van der Waals surface area contributed by atoms with Gasteiger partial charge in [0.1, 0.15) is 11.5 Å². The number of fused-ring (bicyclic) bond motifs is 5. The van der Waals surface area contributed by atoms with Crippen molar-refractivity contribution >= 4 is 11.7 Å². The van der Waals surface area contributed by atoms with E-state index in [1.807, 2.05) is 6.92 Å². The number of carbonyl (C=O) groups excluding carboxylic acids is 2. The minimum absolute atomic E-state index is 0.0862. The summed E-state index contributed by atoms with van der Waals surface area (Å²) in [6, 6.07) is 7.41. The van der Waals surface area contributed by atoms with Gasteiger partial charge < -0.3 is 15.0 Å². The zero-order valence-corrected chi connectivity index (χ0v) is 21.3. The van der Waals surface area contributed by atoms with Gasteiger partial charge >= 0.3 is 0 Å². The fourth-order valence-electron chi connectivity index (χ4n) is 7.87. The van der Waals surface area contributed by atoms with Gasteiger partial charge in [-0.1, -0.05) is 13.0 Å². The lowest BCUT2D eigenvalue weighted by atomic mass is 9.54. The lowest BCUT2D eigenvalue weighted by Gasteiger charge is -2.49. The molecular weight excluding hydrogens is 424 g/mol.